The largest absolute Gasteiger partial charge is 0.494 e. The molecule has 0 radical (unpaired) electrons. The zero-order valence-corrected chi connectivity index (χ0v) is 11.3. The summed E-state index contributed by atoms with van der Waals surface area (Å²) in [7, 11) is 0. The maximum atomic E-state index is 6.33. The van der Waals surface area contributed by atoms with Gasteiger partial charge in [-0.2, -0.15) is 0 Å². The summed E-state index contributed by atoms with van der Waals surface area (Å²) in [4.78, 5) is 0. The van der Waals surface area contributed by atoms with E-state index < -0.39 is 0 Å². The molecule has 0 saturated carbocycles. The van der Waals surface area contributed by atoms with E-state index in [-0.39, 0.29) is 6.04 Å². The van der Waals surface area contributed by atoms with Crippen LogP contribution >= 0.6 is 0 Å². The van der Waals surface area contributed by atoms with Gasteiger partial charge in [0.05, 0.1) is 6.61 Å². The van der Waals surface area contributed by atoms with Crippen LogP contribution in [-0.2, 0) is 0 Å². The Morgan fingerprint density at radius 1 is 1.24 bits per heavy atom. The number of hydrogen-bond donors (Lipinski definition) is 1. The third-order valence-electron chi connectivity index (χ3n) is 3.20. The number of hydrogen-bond acceptors (Lipinski definition) is 2. The van der Waals surface area contributed by atoms with Crippen molar-refractivity contribution in [3.05, 3.63) is 29.8 Å². The average molecular weight is 235 g/mol. The van der Waals surface area contributed by atoms with E-state index in [4.69, 9.17) is 10.5 Å². The molecule has 0 saturated heterocycles. The predicted octanol–water partition coefficient (Wildman–Crippen LogP) is 3.91. The highest BCUT2D eigenvalue weighted by Gasteiger charge is 2.17. The lowest BCUT2D eigenvalue weighted by atomic mass is 9.90. The minimum atomic E-state index is 0.0734. The first-order chi connectivity index (χ1) is 8.20. The summed E-state index contributed by atoms with van der Waals surface area (Å²) in [6.45, 7) is 7.13. The maximum absolute atomic E-state index is 6.33. The van der Waals surface area contributed by atoms with Crippen molar-refractivity contribution in [1.82, 2.24) is 0 Å². The second kappa shape index (κ2) is 7.33. The van der Waals surface area contributed by atoms with E-state index in [9.17, 15) is 0 Å². The monoisotopic (exact) mass is 235 g/mol. The molecule has 0 aliphatic rings. The number of para-hydroxylation sites is 1. The summed E-state index contributed by atoms with van der Waals surface area (Å²) < 4.78 is 5.63. The number of rotatable bonds is 7. The van der Waals surface area contributed by atoms with Crippen LogP contribution in [0, 0.1) is 5.92 Å². The first kappa shape index (κ1) is 14.0. The van der Waals surface area contributed by atoms with Gasteiger partial charge in [-0.15, -0.1) is 0 Å². The third kappa shape index (κ3) is 4.04. The Bertz CT molecular complexity index is 324. The van der Waals surface area contributed by atoms with Gasteiger partial charge in [-0.3, -0.25) is 0 Å². The van der Waals surface area contributed by atoms with Crippen LogP contribution in [0.15, 0.2) is 24.3 Å². The molecule has 0 aliphatic heterocycles. The van der Waals surface area contributed by atoms with Crippen LogP contribution in [0.4, 0.5) is 0 Å². The Kier molecular flexibility index (Phi) is 6.06. The molecule has 2 unspecified atom stereocenters. The Morgan fingerprint density at radius 3 is 2.59 bits per heavy atom. The highest BCUT2D eigenvalue weighted by atomic mass is 16.5. The first-order valence-corrected chi connectivity index (χ1v) is 6.68. The molecule has 0 amide bonds. The summed E-state index contributed by atoms with van der Waals surface area (Å²) in [6, 6.07) is 8.19. The van der Waals surface area contributed by atoms with Gasteiger partial charge in [-0.1, -0.05) is 44.9 Å². The number of unbranched alkanes of at least 4 members (excludes halogenated alkanes) is 1. The quantitative estimate of drug-likeness (QED) is 0.777. The molecule has 1 rings (SSSR count). The lowest BCUT2D eigenvalue weighted by Gasteiger charge is -2.22. The van der Waals surface area contributed by atoms with E-state index in [1.54, 1.807) is 0 Å². The Hall–Kier alpha value is -1.02. The van der Waals surface area contributed by atoms with Gasteiger partial charge < -0.3 is 10.5 Å². The second-order valence-corrected chi connectivity index (χ2v) is 4.62. The van der Waals surface area contributed by atoms with Crippen molar-refractivity contribution in [3.8, 4) is 5.75 Å². The fraction of sp³-hybridized carbons (Fsp3) is 0.600. The molecule has 2 N–H and O–H groups in total. The molecule has 2 heteroatoms. The molecular weight excluding hydrogens is 210 g/mol. The van der Waals surface area contributed by atoms with Crippen molar-refractivity contribution < 1.29 is 4.74 Å². The Labute approximate surface area is 105 Å². The molecular formula is C15H25NO. The number of ether oxygens (including phenoxy) is 1. The minimum absolute atomic E-state index is 0.0734. The minimum Gasteiger partial charge on any atom is -0.494 e. The maximum Gasteiger partial charge on any atom is 0.124 e. The van der Waals surface area contributed by atoms with Crippen LogP contribution in [0.1, 0.15) is 51.6 Å². The third-order valence-corrected chi connectivity index (χ3v) is 3.20. The molecule has 2 atom stereocenters. The van der Waals surface area contributed by atoms with Crippen molar-refractivity contribution in [2.24, 2.45) is 11.7 Å². The fourth-order valence-corrected chi connectivity index (χ4v) is 2.06. The zero-order chi connectivity index (χ0) is 12.7. The van der Waals surface area contributed by atoms with Crippen molar-refractivity contribution in [1.29, 1.82) is 0 Å². The molecule has 0 spiro atoms. The molecule has 0 fully saturated rings. The molecule has 0 aromatic heterocycles. The van der Waals surface area contributed by atoms with Gasteiger partial charge in [-0.05, 0) is 25.3 Å². The second-order valence-electron chi connectivity index (χ2n) is 4.62. The van der Waals surface area contributed by atoms with Crippen LogP contribution in [0.25, 0.3) is 0 Å². The average Bonchev–Trinajstić information content (AvgIpc) is 2.36. The van der Waals surface area contributed by atoms with E-state index in [2.05, 4.69) is 19.9 Å². The van der Waals surface area contributed by atoms with E-state index in [1.165, 1.54) is 19.3 Å². The van der Waals surface area contributed by atoms with Crippen LogP contribution in [0.5, 0.6) is 5.75 Å². The van der Waals surface area contributed by atoms with Crippen molar-refractivity contribution >= 4 is 0 Å². The number of nitrogens with two attached hydrogens (primary N) is 1. The summed E-state index contributed by atoms with van der Waals surface area (Å²) in [5, 5.41) is 0. The standard InChI is InChI=1S/C15H25NO/c1-4-6-9-12(3)15(16)13-10-7-8-11-14(13)17-5-2/h7-8,10-12,15H,4-6,9,16H2,1-3H3. The van der Waals surface area contributed by atoms with Gasteiger partial charge in [0.2, 0.25) is 0 Å². The van der Waals surface area contributed by atoms with Crippen LogP contribution < -0.4 is 10.5 Å². The van der Waals surface area contributed by atoms with Gasteiger partial charge in [0, 0.05) is 11.6 Å². The highest BCUT2D eigenvalue weighted by molar-refractivity contribution is 5.36. The van der Waals surface area contributed by atoms with Gasteiger partial charge in [0.15, 0.2) is 0 Å². The molecule has 0 bridgehead atoms. The van der Waals surface area contributed by atoms with E-state index in [0.29, 0.717) is 12.5 Å². The topological polar surface area (TPSA) is 35.2 Å². The van der Waals surface area contributed by atoms with Gasteiger partial charge >= 0.3 is 0 Å². The Balaban J connectivity index is 2.76. The van der Waals surface area contributed by atoms with Gasteiger partial charge in [0.1, 0.15) is 5.75 Å². The molecule has 1 aromatic carbocycles. The normalized spacial score (nSPS) is 14.4. The number of benzene rings is 1. The summed E-state index contributed by atoms with van der Waals surface area (Å²) in [6.07, 6.45) is 3.65. The summed E-state index contributed by atoms with van der Waals surface area (Å²) >= 11 is 0. The summed E-state index contributed by atoms with van der Waals surface area (Å²) in [5.74, 6) is 1.43. The molecule has 2 nitrogen and oxygen atoms in total. The Morgan fingerprint density at radius 2 is 1.94 bits per heavy atom. The lowest BCUT2D eigenvalue weighted by molar-refractivity contribution is 0.326. The first-order valence-electron chi connectivity index (χ1n) is 6.68. The molecule has 0 aliphatic carbocycles. The van der Waals surface area contributed by atoms with E-state index >= 15 is 0 Å². The molecule has 0 heterocycles. The van der Waals surface area contributed by atoms with Crippen LogP contribution in [-0.4, -0.2) is 6.61 Å². The zero-order valence-electron chi connectivity index (χ0n) is 11.3. The summed E-state index contributed by atoms with van der Waals surface area (Å²) in [5.41, 5.74) is 7.47. The molecule has 1 aromatic rings. The molecule has 96 valence electrons. The fourth-order valence-electron chi connectivity index (χ4n) is 2.06. The van der Waals surface area contributed by atoms with Crippen LogP contribution in [0.3, 0.4) is 0 Å². The van der Waals surface area contributed by atoms with Crippen molar-refractivity contribution in [3.63, 3.8) is 0 Å². The smallest absolute Gasteiger partial charge is 0.124 e. The van der Waals surface area contributed by atoms with E-state index in [1.807, 2.05) is 25.1 Å². The lowest BCUT2D eigenvalue weighted by Crippen LogP contribution is -2.20. The molecule has 17 heavy (non-hydrogen) atoms. The van der Waals surface area contributed by atoms with E-state index in [0.717, 1.165) is 11.3 Å². The predicted molar refractivity (Wildman–Crippen MR) is 73.2 cm³/mol. The van der Waals surface area contributed by atoms with Gasteiger partial charge in [0.25, 0.3) is 0 Å². The van der Waals surface area contributed by atoms with Crippen molar-refractivity contribution in [2.45, 2.75) is 46.1 Å². The van der Waals surface area contributed by atoms with Crippen LogP contribution in [0.2, 0.25) is 0 Å². The highest BCUT2D eigenvalue weighted by Crippen LogP contribution is 2.30. The SMILES string of the molecule is CCCCC(C)C(N)c1ccccc1OCC. The van der Waals surface area contributed by atoms with Crippen molar-refractivity contribution in [2.75, 3.05) is 6.61 Å². The van der Waals surface area contributed by atoms with Gasteiger partial charge in [-0.25, -0.2) is 0 Å².